The first-order valence-electron chi connectivity index (χ1n) is 7.48. The lowest BCUT2D eigenvalue weighted by molar-refractivity contribution is 0.0601. The number of hydrogen-bond acceptors (Lipinski definition) is 2. The van der Waals surface area contributed by atoms with Crippen molar-refractivity contribution in [2.24, 2.45) is 0 Å². The minimum Gasteiger partial charge on any atom is -0.465 e. The Morgan fingerprint density at radius 1 is 1.30 bits per heavy atom. The largest absolute Gasteiger partial charge is 0.465 e. The summed E-state index contributed by atoms with van der Waals surface area (Å²) in [6.45, 7) is 3.27. The molecule has 3 nitrogen and oxygen atoms in total. The van der Waals surface area contributed by atoms with E-state index in [-0.39, 0.29) is 5.97 Å². The third-order valence-electron chi connectivity index (χ3n) is 4.25. The van der Waals surface area contributed by atoms with Crippen LogP contribution in [0.4, 0.5) is 0 Å². The van der Waals surface area contributed by atoms with E-state index in [0.29, 0.717) is 5.56 Å². The summed E-state index contributed by atoms with van der Waals surface area (Å²) in [5.41, 5.74) is 4.86. The van der Waals surface area contributed by atoms with Crippen LogP contribution >= 0.6 is 0 Å². The van der Waals surface area contributed by atoms with Crippen LogP contribution in [0.25, 0.3) is 10.9 Å². The monoisotopic (exact) mass is 271 g/mol. The van der Waals surface area contributed by atoms with Gasteiger partial charge in [-0.25, -0.2) is 4.79 Å². The zero-order valence-electron chi connectivity index (χ0n) is 12.2. The lowest BCUT2D eigenvalue weighted by atomic mass is 9.95. The molecule has 20 heavy (non-hydrogen) atoms. The van der Waals surface area contributed by atoms with Crippen molar-refractivity contribution in [2.75, 3.05) is 7.11 Å². The Labute approximate surface area is 119 Å². The molecule has 3 heteroatoms. The van der Waals surface area contributed by atoms with Crippen molar-refractivity contribution in [3.63, 3.8) is 0 Å². The number of fused-ring (bicyclic) bond motifs is 3. The van der Waals surface area contributed by atoms with Gasteiger partial charge in [-0.05, 0) is 55.9 Å². The molecule has 0 aliphatic heterocycles. The third-order valence-corrected chi connectivity index (χ3v) is 4.25. The van der Waals surface area contributed by atoms with E-state index in [4.69, 9.17) is 4.74 Å². The van der Waals surface area contributed by atoms with Crippen molar-refractivity contribution in [3.8, 4) is 0 Å². The summed E-state index contributed by atoms with van der Waals surface area (Å²) in [6, 6.07) is 5.97. The number of benzene rings is 1. The number of methoxy groups -OCH3 is 1. The van der Waals surface area contributed by atoms with Gasteiger partial charge >= 0.3 is 5.97 Å². The third kappa shape index (κ3) is 2.01. The number of nitrogens with zero attached hydrogens (tertiary/aromatic N) is 1. The topological polar surface area (TPSA) is 31.2 Å². The van der Waals surface area contributed by atoms with Gasteiger partial charge in [-0.15, -0.1) is 0 Å². The van der Waals surface area contributed by atoms with Crippen molar-refractivity contribution in [1.29, 1.82) is 0 Å². The van der Waals surface area contributed by atoms with Crippen LogP contribution in [-0.4, -0.2) is 17.6 Å². The average molecular weight is 271 g/mol. The van der Waals surface area contributed by atoms with Gasteiger partial charge in [-0.2, -0.15) is 0 Å². The van der Waals surface area contributed by atoms with Crippen molar-refractivity contribution < 1.29 is 9.53 Å². The fourth-order valence-corrected chi connectivity index (χ4v) is 3.36. The first kappa shape index (κ1) is 13.2. The highest BCUT2D eigenvalue weighted by Gasteiger charge is 2.20. The summed E-state index contributed by atoms with van der Waals surface area (Å²) in [4.78, 5) is 11.7. The number of aromatic nitrogens is 1. The predicted molar refractivity (Wildman–Crippen MR) is 80.2 cm³/mol. The van der Waals surface area contributed by atoms with Gasteiger partial charge in [0.1, 0.15) is 0 Å². The highest BCUT2D eigenvalue weighted by atomic mass is 16.5. The number of hydrogen-bond donors (Lipinski definition) is 0. The Bertz CT molecular complexity index is 655. The fourth-order valence-electron chi connectivity index (χ4n) is 3.36. The molecular weight excluding hydrogens is 250 g/mol. The quantitative estimate of drug-likeness (QED) is 0.797. The molecule has 1 aliphatic rings. The molecule has 1 aromatic carbocycles. The molecule has 0 spiro atoms. The summed E-state index contributed by atoms with van der Waals surface area (Å²) in [5.74, 6) is -0.250. The van der Waals surface area contributed by atoms with Crippen LogP contribution in [0.5, 0.6) is 0 Å². The van der Waals surface area contributed by atoms with Gasteiger partial charge in [-0.1, -0.05) is 6.92 Å². The van der Waals surface area contributed by atoms with Crippen LogP contribution in [-0.2, 0) is 24.1 Å². The Morgan fingerprint density at radius 2 is 2.10 bits per heavy atom. The van der Waals surface area contributed by atoms with Gasteiger partial charge in [0.2, 0.25) is 0 Å². The van der Waals surface area contributed by atoms with E-state index in [2.05, 4.69) is 17.6 Å². The molecular formula is C17H21NO2. The minimum atomic E-state index is -0.250. The molecule has 1 heterocycles. The lowest BCUT2D eigenvalue weighted by Gasteiger charge is -2.15. The summed E-state index contributed by atoms with van der Waals surface area (Å²) in [7, 11) is 1.43. The molecule has 0 saturated carbocycles. The van der Waals surface area contributed by atoms with Gasteiger partial charge in [0.05, 0.1) is 12.7 Å². The van der Waals surface area contributed by atoms with Crippen LogP contribution in [0.2, 0.25) is 0 Å². The van der Waals surface area contributed by atoms with Gasteiger partial charge in [0.25, 0.3) is 0 Å². The predicted octanol–water partition coefficient (Wildman–Crippen LogP) is 3.72. The molecule has 0 saturated heterocycles. The SMILES string of the molecule is CCCn1c2c(c3cc(C(=O)OC)ccc31)CCCC2. The first-order chi connectivity index (χ1) is 9.76. The molecule has 0 unspecified atom stereocenters. The van der Waals surface area contributed by atoms with E-state index < -0.39 is 0 Å². The average Bonchev–Trinajstić information content (AvgIpc) is 2.81. The summed E-state index contributed by atoms with van der Waals surface area (Å²) in [5, 5.41) is 1.25. The van der Waals surface area contributed by atoms with Gasteiger partial charge in [0.15, 0.2) is 0 Å². The first-order valence-corrected chi connectivity index (χ1v) is 7.48. The van der Waals surface area contributed by atoms with Crippen molar-refractivity contribution in [2.45, 2.75) is 45.6 Å². The van der Waals surface area contributed by atoms with Crippen LogP contribution in [0.3, 0.4) is 0 Å². The molecule has 0 amide bonds. The van der Waals surface area contributed by atoms with E-state index in [1.807, 2.05) is 12.1 Å². The maximum Gasteiger partial charge on any atom is 0.337 e. The Hall–Kier alpha value is -1.77. The number of rotatable bonds is 3. The maximum atomic E-state index is 11.7. The second kappa shape index (κ2) is 5.31. The highest BCUT2D eigenvalue weighted by molar-refractivity contribution is 5.96. The van der Waals surface area contributed by atoms with E-state index in [1.165, 1.54) is 42.1 Å². The van der Waals surface area contributed by atoms with Crippen LogP contribution in [0.1, 0.15) is 47.8 Å². The van der Waals surface area contributed by atoms with Crippen molar-refractivity contribution in [1.82, 2.24) is 4.57 Å². The fraction of sp³-hybridized carbons (Fsp3) is 0.471. The smallest absolute Gasteiger partial charge is 0.337 e. The number of carbonyl (C=O) groups is 1. The molecule has 1 aliphatic carbocycles. The van der Waals surface area contributed by atoms with Gasteiger partial charge in [-0.3, -0.25) is 0 Å². The molecule has 3 rings (SSSR count). The number of aryl methyl sites for hydroxylation is 2. The number of carbonyl (C=O) groups excluding carboxylic acids is 1. The van der Waals surface area contributed by atoms with E-state index >= 15 is 0 Å². The second-order valence-corrected chi connectivity index (χ2v) is 5.51. The summed E-state index contributed by atoms with van der Waals surface area (Å²) in [6.07, 6.45) is 5.96. The molecule has 0 radical (unpaired) electrons. The van der Waals surface area contributed by atoms with Crippen LogP contribution in [0.15, 0.2) is 18.2 Å². The summed E-state index contributed by atoms with van der Waals surface area (Å²) < 4.78 is 7.29. The van der Waals surface area contributed by atoms with E-state index in [9.17, 15) is 4.79 Å². The highest BCUT2D eigenvalue weighted by Crippen LogP contribution is 2.33. The summed E-state index contributed by atoms with van der Waals surface area (Å²) >= 11 is 0. The molecule has 0 bridgehead atoms. The molecule has 0 N–H and O–H groups in total. The van der Waals surface area contributed by atoms with Crippen molar-refractivity contribution in [3.05, 3.63) is 35.0 Å². The molecule has 1 aromatic heterocycles. The Balaban J connectivity index is 2.21. The van der Waals surface area contributed by atoms with E-state index in [1.54, 1.807) is 0 Å². The van der Waals surface area contributed by atoms with Gasteiger partial charge < -0.3 is 9.30 Å². The maximum absolute atomic E-state index is 11.7. The lowest BCUT2D eigenvalue weighted by Crippen LogP contribution is -2.08. The van der Waals surface area contributed by atoms with E-state index in [0.717, 1.165) is 25.8 Å². The molecule has 0 atom stereocenters. The second-order valence-electron chi connectivity index (χ2n) is 5.51. The Morgan fingerprint density at radius 3 is 2.85 bits per heavy atom. The van der Waals surface area contributed by atoms with Gasteiger partial charge in [0, 0.05) is 23.1 Å². The zero-order valence-corrected chi connectivity index (χ0v) is 12.2. The number of esters is 1. The van der Waals surface area contributed by atoms with Crippen LogP contribution in [0, 0.1) is 0 Å². The van der Waals surface area contributed by atoms with Crippen LogP contribution < -0.4 is 0 Å². The molecule has 106 valence electrons. The number of ether oxygens (including phenoxy) is 1. The molecule has 2 aromatic rings. The standard InChI is InChI=1S/C17H21NO2/c1-3-10-18-15-7-5-4-6-13(15)14-11-12(17(19)20-2)8-9-16(14)18/h8-9,11H,3-7,10H2,1-2H3. The molecule has 0 fully saturated rings. The minimum absolute atomic E-state index is 0.250. The van der Waals surface area contributed by atoms with Crippen molar-refractivity contribution >= 4 is 16.9 Å². The zero-order chi connectivity index (χ0) is 14.1. The normalized spacial score (nSPS) is 14.3. The Kier molecular flexibility index (Phi) is 3.51.